The molecular formula is C14H18N4O3S. The van der Waals surface area contributed by atoms with Crippen LogP contribution < -0.4 is 0 Å². The molecule has 8 heteroatoms. The van der Waals surface area contributed by atoms with Gasteiger partial charge in [-0.3, -0.25) is 9.88 Å². The lowest BCUT2D eigenvalue weighted by atomic mass is 9.92. The van der Waals surface area contributed by atoms with Gasteiger partial charge in [0.05, 0.1) is 11.4 Å². The van der Waals surface area contributed by atoms with Crippen LogP contribution in [0.3, 0.4) is 0 Å². The predicted octanol–water partition coefficient (Wildman–Crippen LogP) is 1.52. The van der Waals surface area contributed by atoms with Gasteiger partial charge in [0.15, 0.2) is 9.84 Å². The van der Waals surface area contributed by atoms with Gasteiger partial charge in [-0.1, -0.05) is 11.6 Å². The molecule has 118 valence electrons. The van der Waals surface area contributed by atoms with E-state index < -0.39 is 9.84 Å². The van der Waals surface area contributed by atoms with Crippen molar-refractivity contribution in [2.24, 2.45) is 0 Å². The standard InChI is InChI=1S/C14H18N4O3S/c1-18(10-5-3-6-10)9-12-16-14(17-21-12)13-11(22(2,19)20)7-4-8-15-13/h4,7-8,10H,3,5-6,9H2,1-2H3. The topological polar surface area (TPSA) is 89.2 Å². The number of hydrogen-bond donors (Lipinski definition) is 0. The van der Waals surface area contributed by atoms with Gasteiger partial charge in [0.1, 0.15) is 5.69 Å². The second-order valence-corrected chi connectivity index (χ2v) is 7.62. The first-order valence-corrected chi connectivity index (χ1v) is 9.02. The summed E-state index contributed by atoms with van der Waals surface area (Å²) < 4.78 is 28.9. The molecule has 7 nitrogen and oxygen atoms in total. The summed E-state index contributed by atoms with van der Waals surface area (Å²) in [7, 11) is -1.37. The zero-order valence-corrected chi connectivity index (χ0v) is 13.4. The molecule has 0 bridgehead atoms. The van der Waals surface area contributed by atoms with Crippen LogP contribution in [0.1, 0.15) is 25.2 Å². The third-order valence-corrected chi connectivity index (χ3v) is 5.06. The summed E-state index contributed by atoms with van der Waals surface area (Å²) in [5.41, 5.74) is 0.228. The number of pyridine rings is 1. The molecule has 22 heavy (non-hydrogen) atoms. The molecule has 1 aliphatic rings. The van der Waals surface area contributed by atoms with E-state index in [2.05, 4.69) is 20.0 Å². The van der Waals surface area contributed by atoms with E-state index in [1.54, 1.807) is 6.07 Å². The smallest absolute Gasteiger partial charge is 0.241 e. The van der Waals surface area contributed by atoms with Crippen molar-refractivity contribution in [3.8, 4) is 11.5 Å². The minimum absolute atomic E-state index is 0.106. The maximum Gasteiger partial charge on any atom is 0.241 e. The summed E-state index contributed by atoms with van der Waals surface area (Å²) in [5.74, 6) is 0.674. The molecular weight excluding hydrogens is 304 g/mol. The number of hydrogen-bond acceptors (Lipinski definition) is 7. The molecule has 1 saturated carbocycles. The fraction of sp³-hybridized carbons (Fsp3) is 0.500. The van der Waals surface area contributed by atoms with Crippen molar-refractivity contribution in [1.82, 2.24) is 20.0 Å². The van der Waals surface area contributed by atoms with Gasteiger partial charge in [0.25, 0.3) is 0 Å². The highest BCUT2D eigenvalue weighted by Crippen LogP contribution is 2.26. The van der Waals surface area contributed by atoms with E-state index in [9.17, 15) is 8.42 Å². The van der Waals surface area contributed by atoms with Gasteiger partial charge in [-0.15, -0.1) is 0 Å². The molecule has 0 atom stereocenters. The maximum absolute atomic E-state index is 11.8. The fourth-order valence-electron chi connectivity index (χ4n) is 2.44. The van der Waals surface area contributed by atoms with Crippen LogP contribution in [0, 0.1) is 0 Å². The lowest BCUT2D eigenvalue weighted by molar-refractivity contribution is 0.137. The highest BCUT2D eigenvalue weighted by Gasteiger charge is 2.24. The predicted molar refractivity (Wildman–Crippen MR) is 79.7 cm³/mol. The van der Waals surface area contributed by atoms with E-state index in [-0.39, 0.29) is 16.4 Å². The number of rotatable bonds is 5. The Morgan fingerprint density at radius 3 is 2.82 bits per heavy atom. The average Bonchev–Trinajstić information content (AvgIpc) is 2.84. The zero-order chi connectivity index (χ0) is 15.7. The molecule has 0 spiro atoms. The first-order valence-electron chi connectivity index (χ1n) is 7.13. The summed E-state index contributed by atoms with van der Waals surface area (Å²) >= 11 is 0. The summed E-state index contributed by atoms with van der Waals surface area (Å²) in [4.78, 5) is 10.7. The highest BCUT2D eigenvalue weighted by molar-refractivity contribution is 7.90. The van der Waals surface area contributed by atoms with Crippen LogP contribution in [0.2, 0.25) is 0 Å². The molecule has 1 fully saturated rings. The summed E-state index contributed by atoms with van der Waals surface area (Å²) in [6.45, 7) is 0.554. The first kappa shape index (κ1) is 15.1. The van der Waals surface area contributed by atoms with Gasteiger partial charge in [0, 0.05) is 18.5 Å². The Labute approximate surface area is 129 Å². The van der Waals surface area contributed by atoms with Gasteiger partial charge in [0.2, 0.25) is 11.7 Å². The molecule has 0 radical (unpaired) electrons. The molecule has 0 aromatic carbocycles. The Bertz CT molecular complexity index is 768. The monoisotopic (exact) mass is 322 g/mol. The van der Waals surface area contributed by atoms with E-state index in [0.717, 1.165) is 6.26 Å². The van der Waals surface area contributed by atoms with E-state index >= 15 is 0 Å². The van der Waals surface area contributed by atoms with E-state index in [1.807, 2.05) is 7.05 Å². The molecule has 0 saturated heterocycles. The first-order chi connectivity index (χ1) is 10.4. The minimum atomic E-state index is -3.40. The Morgan fingerprint density at radius 1 is 1.41 bits per heavy atom. The van der Waals surface area contributed by atoms with Crippen molar-refractivity contribution in [3.63, 3.8) is 0 Å². The lowest BCUT2D eigenvalue weighted by Crippen LogP contribution is -2.36. The van der Waals surface area contributed by atoms with E-state index in [1.165, 1.54) is 31.5 Å². The largest absolute Gasteiger partial charge is 0.337 e. The Morgan fingerprint density at radius 2 is 2.18 bits per heavy atom. The van der Waals surface area contributed by atoms with Crippen LogP contribution in [0.5, 0.6) is 0 Å². The van der Waals surface area contributed by atoms with Gasteiger partial charge in [-0.2, -0.15) is 4.98 Å². The number of nitrogens with zero attached hydrogens (tertiary/aromatic N) is 4. The highest BCUT2D eigenvalue weighted by atomic mass is 32.2. The van der Waals surface area contributed by atoms with Crippen molar-refractivity contribution in [2.75, 3.05) is 13.3 Å². The van der Waals surface area contributed by atoms with Gasteiger partial charge in [-0.25, -0.2) is 8.42 Å². The molecule has 0 aliphatic heterocycles. The summed E-state index contributed by atoms with van der Waals surface area (Å²) in [5, 5.41) is 3.88. The quantitative estimate of drug-likeness (QED) is 0.824. The van der Waals surface area contributed by atoms with Crippen LogP contribution in [0.25, 0.3) is 11.5 Å². The minimum Gasteiger partial charge on any atom is -0.337 e. The second kappa shape index (κ2) is 5.77. The van der Waals surface area contributed by atoms with Crippen LogP contribution in [0.4, 0.5) is 0 Å². The van der Waals surface area contributed by atoms with Crippen molar-refractivity contribution < 1.29 is 12.9 Å². The van der Waals surface area contributed by atoms with Gasteiger partial charge >= 0.3 is 0 Å². The fourth-order valence-corrected chi connectivity index (χ4v) is 3.26. The SMILES string of the molecule is CN(Cc1nc(-c2ncccc2S(C)(=O)=O)no1)C1CCC1. The normalized spacial score (nSPS) is 16.0. The van der Waals surface area contributed by atoms with Crippen LogP contribution >= 0.6 is 0 Å². The van der Waals surface area contributed by atoms with Crippen LogP contribution in [-0.4, -0.2) is 47.8 Å². The Kier molecular flexibility index (Phi) is 3.96. The molecule has 3 rings (SSSR count). The molecule has 2 aromatic rings. The van der Waals surface area contributed by atoms with Crippen LogP contribution in [-0.2, 0) is 16.4 Å². The summed E-state index contributed by atoms with van der Waals surface area (Å²) in [6.07, 6.45) is 6.29. The number of aromatic nitrogens is 3. The van der Waals surface area contributed by atoms with Crippen molar-refractivity contribution in [2.45, 2.75) is 36.7 Å². The third kappa shape index (κ3) is 3.02. The van der Waals surface area contributed by atoms with Gasteiger partial charge in [-0.05, 0) is 32.0 Å². The van der Waals surface area contributed by atoms with Crippen molar-refractivity contribution >= 4 is 9.84 Å². The van der Waals surface area contributed by atoms with Crippen LogP contribution in [0.15, 0.2) is 27.7 Å². The van der Waals surface area contributed by atoms with Crippen molar-refractivity contribution in [1.29, 1.82) is 0 Å². The Balaban J connectivity index is 1.85. The average molecular weight is 322 g/mol. The zero-order valence-electron chi connectivity index (χ0n) is 12.6. The molecule has 0 unspecified atom stereocenters. The molecule has 2 heterocycles. The molecule has 1 aliphatic carbocycles. The molecule has 0 amide bonds. The summed E-state index contributed by atoms with van der Waals surface area (Å²) in [6, 6.07) is 3.64. The molecule has 0 N–H and O–H groups in total. The molecule has 2 aromatic heterocycles. The number of sulfone groups is 1. The third-order valence-electron chi connectivity index (χ3n) is 3.93. The van der Waals surface area contributed by atoms with Gasteiger partial charge < -0.3 is 4.52 Å². The van der Waals surface area contributed by atoms with Crippen molar-refractivity contribution in [3.05, 3.63) is 24.2 Å². The van der Waals surface area contributed by atoms with E-state index in [0.29, 0.717) is 18.5 Å². The Hall–Kier alpha value is -1.80. The maximum atomic E-state index is 11.8. The van der Waals surface area contributed by atoms with E-state index in [4.69, 9.17) is 4.52 Å². The lowest BCUT2D eigenvalue weighted by Gasteiger charge is -2.33. The second-order valence-electron chi connectivity index (χ2n) is 5.63.